The van der Waals surface area contributed by atoms with Crippen molar-refractivity contribution in [3.05, 3.63) is 56.9 Å². The molecule has 0 fully saturated rings. The van der Waals surface area contributed by atoms with E-state index >= 15 is 0 Å². The molecule has 160 valence electrons. The first kappa shape index (κ1) is 23.6. The highest BCUT2D eigenvalue weighted by molar-refractivity contribution is 7.18. The van der Waals surface area contributed by atoms with Gasteiger partial charge in [0.05, 0.1) is 18.8 Å². The molecule has 7 nitrogen and oxygen atoms in total. The van der Waals surface area contributed by atoms with Crippen molar-refractivity contribution < 1.29 is 28.6 Å². The molecule has 0 saturated heterocycles. The van der Waals surface area contributed by atoms with E-state index in [0.717, 1.165) is 16.9 Å². The maximum absolute atomic E-state index is 12.4. The normalized spacial score (nSPS) is 10.8. The van der Waals surface area contributed by atoms with Crippen molar-refractivity contribution in [2.24, 2.45) is 0 Å². The lowest BCUT2D eigenvalue weighted by molar-refractivity contribution is -0.111. The Kier molecular flexibility index (Phi) is 9.04. The molecule has 0 atom stereocenters. The standard InChI is InChI=1S/C21H22ClNO6S/c1-4-28-20(25)17-13(2)18(21(26)29-12-11-27-3)30-19(17)23-16(24)10-7-14-5-8-15(22)9-6-14/h5-10H,4,11-12H2,1-3H3,(H,23,24)/b10-7+. The number of nitrogens with one attached hydrogen (secondary N) is 1. The van der Waals surface area contributed by atoms with Crippen LogP contribution in [0.3, 0.4) is 0 Å². The first-order chi connectivity index (χ1) is 14.4. The zero-order valence-electron chi connectivity index (χ0n) is 16.8. The molecule has 2 rings (SSSR count). The van der Waals surface area contributed by atoms with Crippen molar-refractivity contribution in [3.8, 4) is 0 Å². The van der Waals surface area contributed by atoms with Gasteiger partial charge in [-0.15, -0.1) is 11.3 Å². The van der Waals surface area contributed by atoms with Gasteiger partial charge in [-0.05, 0) is 43.2 Å². The lowest BCUT2D eigenvalue weighted by atomic mass is 10.1. The van der Waals surface area contributed by atoms with Crippen LogP contribution in [0.5, 0.6) is 0 Å². The van der Waals surface area contributed by atoms with E-state index < -0.39 is 17.8 Å². The number of hydrogen-bond acceptors (Lipinski definition) is 7. The molecule has 1 amide bonds. The number of hydrogen-bond donors (Lipinski definition) is 1. The molecule has 2 aromatic rings. The molecule has 1 aromatic carbocycles. The van der Waals surface area contributed by atoms with Gasteiger partial charge < -0.3 is 19.5 Å². The lowest BCUT2D eigenvalue weighted by Gasteiger charge is -2.05. The van der Waals surface area contributed by atoms with Crippen LogP contribution >= 0.6 is 22.9 Å². The zero-order chi connectivity index (χ0) is 22.1. The molecule has 0 aliphatic carbocycles. The highest BCUT2D eigenvalue weighted by Crippen LogP contribution is 2.34. The largest absolute Gasteiger partial charge is 0.462 e. The number of carbonyl (C=O) groups excluding carboxylic acids is 3. The van der Waals surface area contributed by atoms with Crippen LogP contribution in [0.4, 0.5) is 5.00 Å². The maximum atomic E-state index is 12.4. The molecule has 0 unspecified atom stereocenters. The zero-order valence-corrected chi connectivity index (χ0v) is 18.4. The molecule has 1 N–H and O–H groups in total. The van der Waals surface area contributed by atoms with Crippen LogP contribution in [0.25, 0.3) is 6.08 Å². The first-order valence-electron chi connectivity index (χ1n) is 9.08. The number of rotatable bonds is 9. The van der Waals surface area contributed by atoms with Gasteiger partial charge in [-0.25, -0.2) is 9.59 Å². The number of carbonyl (C=O) groups is 3. The van der Waals surface area contributed by atoms with E-state index in [-0.39, 0.29) is 35.3 Å². The molecule has 0 spiro atoms. The van der Waals surface area contributed by atoms with Gasteiger partial charge in [0.25, 0.3) is 0 Å². The predicted molar refractivity (Wildman–Crippen MR) is 116 cm³/mol. The summed E-state index contributed by atoms with van der Waals surface area (Å²) in [7, 11) is 1.49. The van der Waals surface area contributed by atoms with Crippen molar-refractivity contribution >= 4 is 51.9 Å². The highest BCUT2D eigenvalue weighted by atomic mass is 35.5. The molecular weight excluding hydrogens is 430 g/mol. The molecule has 30 heavy (non-hydrogen) atoms. The topological polar surface area (TPSA) is 90.9 Å². The third kappa shape index (κ3) is 6.41. The second kappa shape index (κ2) is 11.5. The van der Waals surface area contributed by atoms with Gasteiger partial charge in [0.15, 0.2) is 0 Å². The number of ether oxygens (including phenoxy) is 3. The van der Waals surface area contributed by atoms with Crippen molar-refractivity contribution in [3.63, 3.8) is 0 Å². The van der Waals surface area contributed by atoms with Crippen molar-refractivity contribution in [2.45, 2.75) is 13.8 Å². The van der Waals surface area contributed by atoms with Crippen LogP contribution in [0.2, 0.25) is 5.02 Å². The fourth-order valence-corrected chi connectivity index (χ4v) is 3.65. The maximum Gasteiger partial charge on any atom is 0.348 e. The Hall–Kier alpha value is -2.68. The summed E-state index contributed by atoms with van der Waals surface area (Å²) in [6, 6.07) is 6.95. The summed E-state index contributed by atoms with van der Waals surface area (Å²) in [6.45, 7) is 3.76. The SMILES string of the molecule is CCOC(=O)c1c(NC(=O)/C=C/c2ccc(Cl)cc2)sc(C(=O)OCCOC)c1C. The Morgan fingerprint density at radius 2 is 1.80 bits per heavy atom. The molecule has 1 heterocycles. The summed E-state index contributed by atoms with van der Waals surface area (Å²) in [4.78, 5) is 37.4. The van der Waals surface area contributed by atoms with Gasteiger partial charge in [-0.3, -0.25) is 4.79 Å². The quantitative estimate of drug-likeness (QED) is 0.346. The van der Waals surface area contributed by atoms with E-state index in [0.29, 0.717) is 10.6 Å². The minimum atomic E-state index is -0.626. The Balaban J connectivity index is 2.24. The number of amides is 1. The number of halogens is 1. The summed E-state index contributed by atoms with van der Waals surface area (Å²) in [5, 5.41) is 3.46. The highest BCUT2D eigenvalue weighted by Gasteiger charge is 2.27. The van der Waals surface area contributed by atoms with Crippen molar-refractivity contribution in [2.75, 3.05) is 32.2 Å². The molecule has 0 radical (unpaired) electrons. The molecular formula is C21H22ClNO6S. The smallest absolute Gasteiger partial charge is 0.348 e. The summed E-state index contributed by atoms with van der Waals surface area (Å²) in [5.41, 5.74) is 1.30. The third-order valence-electron chi connectivity index (χ3n) is 3.87. The fraction of sp³-hybridized carbons (Fsp3) is 0.286. The van der Waals surface area contributed by atoms with E-state index in [4.69, 9.17) is 25.8 Å². The number of benzene rings is 1. The van der Waals surface area contributed by atoms with Crippen LogP contribution in [0.1, 0.15) is 38.1 Å². The van der Waals surface area contributed by atoms with E-state index in [9.17, 15) is 14.4 Å². The first-order valence-corrected chi connectivity index (χ1v) is 10.3. The Labute approximate surface area is 183 Å². The second-order valence-corrected chi connectivity index (χ2v) is 7.44. The summed E-state index contributed by atoms with van der Waals surface area (Å²) in [6.07, 6.45) is 2.93. The molecule has 0 bridgehead atoms. The van der Waals surface area contributed by atoms with E-state index in [2.05, 4.69) is 5.32 Å². The second-order valence-electron chi connectivity index (χ2n) is 5.98. The van der Waals surface area contributed by atoms with Crippen LogP contribution in [0, 0.1) is 6.92 Å². The molecule has 1 aromatic heterocycles. The number of esters is 2. The summed E-state index contributed by atoms with van der Waals surface area (Å²) < 4.78 is 15.1. The molecule has 0 aliphatic heterocycles. The minimum Gasteiger partial charge on any atom is -0.462 e. The van der Waals surface area contributed by atoms with Crippen LogP contribution in [-0.2, 0) is 19.0 Å². The molecule has 0 aliphatic rings. The van der Waals surface area contributed by atoms with Gasteiger partial charge >= 0.3 is 11.9 Å². The lowest BCUT2D eigenvalue weighted by Crippen LogP contribution is -2.13. The van der Waals surface area contributed by atoms with Crippen LogP contribution in [0.15, 0.2) is 30.3 Å². The number of methoxy groups -OCH3 is 1. The van der Waals surface area contributed by atoms with Crippen LogP contribution < -0.4 is 5.32 Å². The van der Waals surface area contributed by atoms with Crippen LogP contribution in [-0.4, -0.2) is 44.8 Å². The Morgan fingerprint density at radius 3 is 2.43 bits per heavy atom. The van der Waals surface area contributed by atoms with Crippen molar-refractivity contribution in [1.29, 1.82) is 0 Å². The van der Waals surface area contributed by atoms with Gasteiger partial charge in [0.1, 0.15) is 16.5 Å². The minimum absolute atomic E-state index is 0.0763. The predicted octanol–water partition coefficient (Wildman–Crippen LogP) is 4.34. The van der Waals surface area contributed by atoms with Gasteiger partial charge in [-0.2, -0.15) is 0 Å². The summed E-state index contributed by atoms with van der Waals surface area (Å²) >= 11 is 6.81. The fourth-order valence-electron chi connectivity index (χ4n) is 2.43. The monoisotopic (exact) mass is 451 g/mol. The average Bonchev–Trinajstić information content (AvgIpc) is 3.03. The molecule has 9 heteroatoms. The van der Waals surface area contributed by atoms with E-state index in [1.165, 1.54) is 13.2 Å². The van der Waals surface area contributed by atoms with Gasteiger partial charge in [0, 0.05) is 18.2 Å². The Morgan fingerprint density at radius 1 is 1.10 bits per heavy atom. The number of anilines is 1. The number of thiophene rings is 1. The Bertz CT molecular complexity index is 936. The van der Waals surface area contributed by atoms with Gasteiger partial charge in [0.2, 0.25) is 5.91 Å². The molecule has 0 saturated carbocycles. The van der Waals surface area contributed by atoms with Gasteiger partial charge in [-0.1, -0.05) is 23.7 Å². The van der Waals surface area contributed by atoms with E-state index in [1.807, 2.05) is 0 Å². The van der Waals surface area contributed by atoms with E-state index in [1.54, 1.807) is 44.2 Å². The average molecular weight is 452 g/mol. The third-order valence-corrected chi connectivity index (χ3v) is 5.31. The van der Waals surface area contributed by atoms with Crippen molar-refractivity contribution in [1.82, 2.24) is 0 Å². The summed E-state index contributed by atoms with van der Waals surface area (Å²) in [5.74, 6) is -1.69.